The fraction of sp³-hybridized carbons (Fsp3) is 0.407. The number of aromatic nitrogens is 1. The number of unbranched alkanes of at least 4 members (excludes halogenated alkanes) is 1. The van der Waals surface area contributed by atoms with Gasteiger partial charge in [0.1, 0.15) is 5.75 Å². The summed E-state index contributed by atoms with van der Waals surface area (Å²) in [5.74, 6) is 1.00. The number of piperazine rings is 1. The number of rotatable bonds is 8. The average molecular weight is 445 g/mol. The molecular weight excluding hydrogens is 412 g/mol. The van der Waals surface area contributed by atoms with E-state index in [1.54, 1.807) is 0 Å². The largest absolute Gasteiger partial charge is 0.494 e. The van der Waals surface area contributed by atoms with E-state index in [-0.39, 0.29) is 5.91 Å². The number of hydrogen-bond acceptors (Lipinski definition) is 5. The van der Waals surface area contributed by atoms with Crippen molar-refractivity contribution in [3.05, 3.63) is 65.9 Å². The third-order valence-corrected chi connectivity index (χ3v) is 6.62. The highest BCUT2D eigenvalue weighted by Gasteiger charge is 2.17. The Hall–Kier alpha value is -2.96. The zero-order chi connectivity index (χ0) is 22.5. The van der Waals surface area contributed by atoms with Gasteiger partial charge in [0, 0.05) is 50.2 Å². The van der Waals surface area contributed by atoms with E-state index in [9.17, 15) is 4.79 Å². The minimum Gasteiger partial charge on any atom is -0.494 e. The lowest BCUT2D eigenvalue weighted by Gasteiger charge is -2.34. The fourth-order valence-electron chi connectivity index (χ4n) is 4.67. The minimum atomic E-state index is 0.0994. The summed E-state index contributed by atoms with van der Waals surface area (Å²) in [4.78, 5) is 21.4. The number of fused-ring (bicyclic) bond motifs is 2. The van der Waals surface area contributed by atoms with Crippen LogP contribution in [0.3, 0.4) is 0 Å². The van der Waals surface area contributed by atoms with Gasteiger partial charge in [-0.2, -0.15) is 0 Å². The number of aryl methyl sites for hydroxylation is 1. The van der Waals surface area contributed by atoms with Gasteiger partial charge in [0.25, 0.3) is 0 Å². The van der Waals surface area contributed by atoms with Crippen LogP contribution in [-0.2, 0) is 17.8 Å². The van der Waals surface area contributed by atoms with Crippen molar-refractivity contribution in [1.82, 2.24) is 14.8 Å². The molecule has 0 bridgehead atoms. The number of amides is 1. The molecule has 3 heterocycles. The average Bonchev–Trinajstić information content (AvgIpc) is 2.85. The predicted octanol–water partition coefficient (Wildman–Crippen LogP) is 4.10. The summed E-state index contributed by atoms with van der Waals surface area (Å²) >= 11 is 0. The fourth-order valence-corrected chi connectivity index (χ4v) is 4.67. The molecule has 2 aliphatic heterocycles. The van der Waals surface area contributed by atoms with Gasteiger partial charge in [-0.1, -0.05) is 24.3 Å². The Balaban J connectivity index is 0.991. The van der Waals surface area contributed by atoms with Crippen LogP contribution in [0.2, 0.25) is 0 Å². The standard InChI is InChI=1S/C27H32N4O2/c32-27-12-8-22-19-24(10-11-26(22)29-27)33-18-4-3-13-30-14-16-31(17-15-30)20-23-9-7-21-5-1-2-6-25(21)28-23/h1-2,5-7,9-11,19H,3-4,8,12-18,20H2,(H,29,32). The number of anilines is 1. The molecule has 1 aromatic heterocycles. The second-order valence-electron chi connectivity index (χ2n) is 9.04. The molecule has 1 saturated heterocycles. The zero-order valence-corrected chi connectivity index (χ0v) is 19.1. The molecule has 172 valence electrons. The molecule has 0 saturated carbocycles. The number of para-hydroxylation sites is 1. The van der Waals surface area contributed by atoms with E-state index in [1.165, 1.54) is 10.9 Å². The lowest BCUT2D eigenvalue weighted by molar-refractivity contribution is -0.116. The van der Waals surface area contributed by atoms with Crippen molar-refractivity contribution in [3.63, 3.8) is 0 Å². The summed E-state index contributed by atoms with van der Waals surface area (Å²) < 4.78 is 5.96. The maximum Gasteiger partial charge on any atom is 0.224 e. The topological polar surface area (TPSA) is 57.7 Å². The van der Waals surface area contributed by atoms with E-state index in [2.05, 4.69) is 57.6 Å². The molecule has 1 amide bonds. The Labute approximate surface area is 195 Å². The number of carbonyl (C=O) groups is 1. The second-order valence-corrected chi connectivity index (χ2v) is 9.04. The minimum absolute atomic E-state index is 0.0994. The molecule has 6 heteroatoms. The molecular formula is C27H32N4O2. The van der Waals surface area contributed by atoms with Crippen molar-refractivity contribution in [2.24, 2.45) is 0 Å². The van der Waals surface area contributed by atoms with Gasteiger partial charge in [-0.05, 0) is 61.7 Å². The van der Waals surface area contributed by atoms with Crippen LogP contribution in [0.1, 0.15) is 30.5 Å². The van der Waals surface area contributed by atoms with Crippen molar-refractivity contribution in [3.8, 4) is 5.75 Å². The molecule has 33 heavy (non-hydrogen) atoms. The van der Waals surface area contributed by atoms with Crippen molar-refractivity contribution in [2.45, 2.75) is 32.2 Å². The monoisotopic (exact) mass is 444 g/mol. The Bertz CT molecular complexity index is 1110. The molecule has 0 unspecified atom stereocenters. The van der Waals surface area contributed by atoms with E-state index in [0.29, 0.717) is 6.42 Å². The van der Waals surface area contributed by atoms with Gasteiger partial charge in [0.15, 0.2) is 0 Å². The van der Waals surface area contributed by atoms with Gasteiger partial charge < -0.3 is 15.0 Å². The first kappa shape index (κ1) is 21.9. The van der Waals surface area contributed by atoms with Gasteiger partial charge in [0.2, 0.25) is 5.91 Å². The molecule has 0 spiro atoms. The molecule has 2 aliphatic rings. The van der Waals surface area contributed by atoms with E-state index in [0.717, 1.165) is 87.8 Å². The first-order chi connectivity index (χ1) is 16.2. The Morgan fingerprint density at radius 1 is 0.909 bits per heavy atom. The number of ether oxygens (including phenoxy) is 1. The molecule has 0 aliphatic carbocycles. The number of carbonyl (C=O) groups excluding carboxylic acids is 1. The molecule has 6 nitrogen and oxygen atoms in total. The maximum atomic E-state index is 11.5. The molecule has 2 aromatic carbocycles. The third-order valence-electron chi connectivity index (χ3n) is 6.62. The Kier molecular flexibility index (Phi) is 6.84. The lowest BCUT2D eigenvalue weighted by atomic mass is 10.0. The van der Waals surface area contributed by atoms with Crippen LogP contribution in [0, 0.1) is 0 Å². The van der Waals surface area contributed by atoms with Crippen LogP contribution in [0.4, 0.5) is 5.69 Å². The summed E-state index contributed by atoms with van der Waals surface area (Å²) in [6.45, 7) is 7.21. The molecule has 0 atom stereocenters. The number of hydrogen-bond donors (Lipinski definition) is 1. The van der Waals surface area contributed by atoms with Gasteiger partial charge in [-0.15, -0.1) is 0 Å². The first-order valence-electron chi connectivity index (χ1n) is 12.1. The van der Waals surface area contributed by atoms with Crippen LogP contribution in [0.15, 0.2) is 54.6 Å². The number of nitrogens with zero attached hydrogens (tertiary/aromatic N) is 3. The van der Waals surface area contributed by atoms with Crippen LogP contribution < -0.4 is 10.1 Å². The van der Waals surface area contributed by atoms with E-state index in [1.807, 2.05) is 12.1 Å². The molecule has 5 rings (SSSR count). The van der Waals surface area contributed by atoms with Gasteiger partial charge >= 0.3 is 0 Å². The Morgan fingerprint density at radius 3 is 2.67 bits per heavy atom. The highest BCUT2D eigenvalue weighted by molar-refractivity contribution is 5.94. The number of benzene rings is 2. The highest BCUT2D eigenvalue weighted by atomic mass is 16.5. The quantitative estimate of drug-likeness (QED) is 0.530. The second kappa shape index (κ2) is 10.3. The van der Waals surface area contributed by atoms with Crippen molar-refractivity contribution < 1.29 is 9.53 Å². The number of nitrogens with one attached hydrogen (secondary N) is 1. The molecule has 1 fully saturated rings. The summed E-state index contributed by atoms with van der Waals surface area (Å²) in [6, 6.07) is 18.6. The van der Waals surface area contributed by atoms with Crippen molar-refractivity contribution in [2.75, 3.05) is 44.6 Å². The van der Waals surface area contributed by atoms with Crippen LogP contribution in [-0.4, -0.2) is 60.0 Å². The Morgan fingerprint density at radius 2 is 1.76 bits per heavy atom. The highest BCUT2D eigenvalue weighted by Crippen LogP contribution is 2.27. The SMILES string of the molecule is O=C1CCc2cc(OCCCCN3CCN(Cc4ccc5ccccc5n4)CC3)ccc2N1. The smallest absolute Gasteiger partial charge is 0.224 e. The van der Waals surface area contributed by atoms with E-state index in [4.69, 9.17) is 9.72 Å². The molecule has 3 aromatic rings. The van der Waals surface area contributed by atoms with Gasteiger partial charge in [-0.25, -0.2) is 0 Å². The zero-order valence-electron chi connectivity index (χ0n) is 19.1. The summed E-state index contributed by atoms with van der Waals surface area (Å²) in [6.07, 6.45) is 3.55. The third kappa shape index (κ3) is 5.70. The van der Waals surface area contributed by atoms with Gasteiger partial charge in [0.05, 0.1) is 17.8 Å². The lowest BCUT2D eigenvalue weighted by Crippen LogP contribution is -2.46. The molecule has 1 N–H and O–H groups in total. The van der Waals surface area contributed by atoms with Crippen molar-refractivity contribution >= 4 is 22.5 Å². The van der Waals surface area contributed by atoms with Crippen LogP contribution >= 0.6 is 0 Å². The van der Waals surface area contributed by atoms with E-state index < -0.39 is 0 Å². The normalized spacial score (nSPS) is 17.0. The van der Waals surface area contributed by atoms with Crippen LogP contribution in [0.25, 0.3) is 10.9 Å². The summed E-state index contributed by atoms with van der Waals surface area (Å²) in [5.41, 5.74) is 4.33. The predicted molar refractivity (Wildman–Crippen MR) is 132 cm³/mol. The van der Waals surface area contributed by atoms with E-state index >= 15 is 0 Å². The van der Waals surface area contributed by atoms with Gasteiger partial charge in [-0.3, -0.25) is 14.7 Å². The number of pyridine rings is 1. The first-order valence-corrected chi connectivity index (χ1v) is 12.1. The maximum absolute atomic E-state index is 11.5. The molecule has 0 radical (unpaired) electrons. The summed E-state index contributed by atoms with van der Waals surface area (Å²) in [7, 11) is 0. The van der Waals surface area contributed by atoms with Crippen molar-refractivity contribution in [1.29, 1.82) is 0 Å². The van der Waals surface area contributed by atoms with Crippen LogP contribution in [0.5, 0.6) is 5.75 Å². The summed E-state index contributed by atoms with van der Waals surface area (Å²) in [5, 5.41) is 4.12.